The molecule has 1 aliphatic rings. The van der Waals surface area contributed by atoms with Gasteiger partial charge in [-0.2, -0.15) is 0 Å². The Hall–Kier alpha value is -1.06. The third kappa shape index (κ3) is 1.21. The second kappa shape index (κ2) is 2.17. The van der Waals surface area contributed by atoms with Crippen molar-refractivity contribution in [1.29, 1.82) is 0 Å². The van der Waals surface area contributed by atoms with Gasteiger partial charge in [0.05, 0.1) is 0 Å². The van der Waals surface area contributed by atoms with Gasteiger partial charge in [0.2, 0.25) is 0 Å². The van der Waals surface area contributed by atoms with E-state index in [-0.39, 0.29) is 0 Å². The van der Waals surface area contributed by atoms with Crippen LogP contribution in [0.25, 0.3) is 0 Å². The van der Waals surface area contributed by atoms with Gasteiger partial charge in [0.15, 0.2) is 0 Å². The SMILES string of the molecule is C1=NN=NN=CC1. The summed E-state index contributed by atoms with van der Waals surface area (Å²) < 4.78 is 0. The highest BCUT2D eigenvalue weighted by Gasteiger charge is 1.74. The lowest BCUT2D eigenvalue weighted by Crippen LogP contribution is -1.70. The summed E-state index contributed by atoms with van der Waals surface area (Å²) in [5.41, 5.74) is 0. The Kier molecular flexibility index (Phi) is 1.28. The fraction of sp³-hybridized carbons (Fsp3) is 0.333. The third-order valence-corrected chi connectivity index (χ3v) is 0.517. The molecule has 1 aliphatic heterocycles. The molecule has 4 heteroatoms. The van der Waals surface area contributed by atoms with E-state index in [4.69, 9.17) is 0 Å². The molecule has 1 heterocycles. The van der Waals surface area contributed by atoms with Gasteiger partial charge in [-0.15, -0.1) is 10.2 Å². The first-order valence-corrected chi connectivity index (χ1v) is 1.93. The fourth-order valence-electron chi connectivity index (χ4n) is 0.261. The van der Waals surface area contributed by atoms with Gasteiger partial charge in [-0.25, -0.2) is 0 Å². The summed E-state index contributed by atoms with van der Waals surface area (Å²) >= 11 is 0. The van der Waals surface area contributed by atoms with Crippen LogP contribution in [0.3, 0.4) is 0 Å². The Bertz CT molecular complexity index is 109. The highest BCUT2D eigenvalue weighted by atomic mass is 15.5. The summed E-state index contributed by atoms with van der Waals surface area (Å²) in [6.45, 7) is 0. The minimum absolute atomic E-state index is 0.729. The molecular formula is C3H4N4. The minimum Gasteiger partial charge on any atom is -0.141 e. The smallest absolute Gasteiger partial charge is 0.0343 e. The molecule has 0 radical (unpaired) electrons. The van der Waals surface area contributed by atoms with Crippen LogP contribution in [-0.4, -0.2) is 12.4 Å². The first-order chi connectivity index (χ1) is 3.50. The molecular weight excluding hydrogens is 92.1 g/mol. The molecule has 0 amide bonds. The van der Waals surface area contributed by atoms with Crippen molar-refractivity contribution in [1.82, 2.24) is 0 Å². The van der Waals surface area contributed by atoms with Crippen molar-refractivity contribution in [3.63, 3.8) is 0 Å². The van der Waals surface area contributed by atoms with Crippen molar-refractivity contribution in [2.45, 2.75) is 6.42 Å². The van der Waals surface area contributed by atoms with Crippen LogP contribution in [0.4, 0.5) is 0 Å². The fourth-order valence-corrected chi connectivity index (χ4v) is 0.261. The van der Waals surface area contributed by atoms with Gasteiger partial charge in [0.1, 0.15) is 0 Å². The van der Waals surface area contributed by atoms with E-state index in [9.17, 15) is 0 Å². The van der Waals surface area contributed by atoms with Crippen molar-refractivity contribution in [3.05, 3.63) is 0 Å². The summed E-state index contributed by atoms with van der Waals surface area (Å²) in [4.78, 5) is 0. The Balaban J connectivity index is 2.60. The summed E-state index contributed by atoms with van der Waals surface area (Å²) in [6, 6.07) is 0. The van der Waals surface area contributed by atoms with Crippen LogP contribution in [0.5, 0.6) is 0 Å². The lowest BCUT2D eigenvalue weighted by atomic mass is 10.5. The summed E-state index contributed by atoms with van der Waals surface area (Å²) in [7, 11) is 0. The Morgan fingerprint density at radius 3 is 2.14 bits per heavy atom. The molecule has 4 nitrogen and oxygen atoms in total. The van der Waals surface area contributed by atoms with E-state index in [1.165, 1.54) is 0 Å². The van der Waals surface area contributed by atoms with Gasteiger partial charge in [0, 0.05) is 18.9 Å². The van der Waals surface area contributed by atoms with E-state index in [1.807, 2.05) is 0 Å². The van der Waals surface area contributed by atoms with E-state index < -0.39 is 0 Å². The largest absolute Gasteiger partial charge is 0.141 e. The van der Waals surface area contributed by atoms with E-state index in [0.29, 0.717) is 0 Å². The van der Waals surface area contributed by atoms with Gasteiger partial charge in [-0.3, -0.25) is 0 Å². The van der Waals surface area contributed by atoms with E-state index >= 15 is 0 Å². The molecule has 0 fully saturated rings. The molecule has 0 spiro atoms. The van der Waals surface area contributed by atoms with E-state index in [1.54, 1.807) is 12.4 Å². The van der Waals surface area contributed by atoms with Crippen LogP contribution in [0, 0.1) is 0 Å². The molecule has 0 saturated carbocycles. The second-order valence-electron chi connectivity index (χ2n) is 1.01. The van der Waals surface area contributed by atoms with E-state index in [0.717, 1.165) is 6.42 Å². The van der Waals surface area contributed by atoms with Crippen LogP contribution < -0.4 is 0 Å². The summed E-state index contributed by atoms with van der Waals surface area (Å²) in [5, 5.41) is 13.5. The Morgan fingerprint density at radius 2 is 1.57 bits per heavy atom. The maximum Gasteiger partial charge on any atom is 0.0343 e. The molecule has 0 aromatic carbocycles. The molecule has 0 unspecified atom stereocenters. The number of hydrogen-bond donors (Lipinski definition) is 0. The molecule has 0 saturated heterocycles. The maximum absolute atomic E-state index is 3.48. The van der Waals surface area contributed by atoms with Gasteiger partial charge in [-0.1, -0.05) is 0 Å². The maximum atomic E-state index is 3.48. The normalized spacial score (nSPS) is 17.1. The molecule has 1 rings (SSSR count). The number of nitrogens with zero attached hydrogens (tertiary/aromatic N) is 4. The van der Waals surface area contributed by atoms with Crippen molar-refractivity contribution in [3.8, 4) is 0 Å². The van der Waals surface area contributed by atoms with Gasteiger partial charge < -0.3 is 0 Å². The van der Waals surface area contributed by atoms with Gasteiger partial charge in [-0.05, 0) is 10.4 Å². The highest BCUT2D eigenvalue weighted by molar-refractivity contribution is 5.79. The average molecular weight is 96.1 g/mol. The zero-order chi connectivity index (χ0) is 4.95. The van der Waals surface area contributed by atoms with Crippen LogP contribution in [0.2, 0.25) is 0 Å². The van der Waals surface area contributed by atoms with Crippen molar-refractivity contribution in [2.75, 3.05) is 0 Å². The summed E-state index contributed by atoms with van der Waals surface area (Å²) in [6.07, 6.45) is 4.01. The lowest BCUT2D eigenvalue weighted by Gasteiger charge is -1.64. The molecule has 0 aromatic heterocycles. The van der Waals surface area contributed by atoms with Crippen LogP contribution >= 0.6 is 0 Å². The molecule has 0 aliphatic carbocycles. The van der Waals surface area contributed by atoms with Gasteiger partial charge >= 0.3 is 0 Å². The Morgan fingerprint density at radius 1 is 1.00 bits per heavy atom. The van der Waals surface area contributed by atoms with Gasteiger partial charge in [0.25, 0.3) is 0 Å². The number of rotatable bonds is 0. The Labute approximate surface area is 40.6 Å². The zero-order valence-electron chi connectivity index (χ0n) is 3.65. The van der Waals surface area contributed by atoms with Crippen molar-refractivity contribution >= 4 is 12.4 Å². The highest BCUT2D eigenvalue weighted by Crippen LogP contribution is 1.82. The molecule has 36 valence electrons. The van der Waals surface area contributed by atoms with Crippen molar-refractivity contribution in [2.24, 2.45) is 20.6 Å². The number of hydrogen-bond acceptors (Lipinski definition) is 4. The molecule has 0 aromatic rings. The first kappa shape index (κ1) is 4.11. The lowest BCUT2D eigenvalue weighted by molar-refractivity contribution is 0.972. The van der Waals surface area contributed by atoms with Crippen LogP contribution in [-0.2, 0) is 0 Å². The minimum atomic E-state index is 0.729. The molecule has 7 heavy (non-hydrogen) atoms. The average Bonchev–Trinajstić information content (AvgIpc) is 1.90. The molecule has 0 atom stereocenters. The predicted molar refractivity (Wildman–Crippen MR) is 26.5 cm³/mol. The van der Waals surface area contributed by atoms with E-state index in [2.05, 4.69) is 20.6 Å². The quantitative estimate of drug-likeness (QED) is 0.428. The van der Waals surface area contributed by atoms with Crippen molar-refractivity contribution < 1.29 is 0 Å². The van der Waals surface area contributed by atoms with Crippen LogP contribution in [0.15, 0.2) is 20.6 Å². The third-order valence-electron chi connectivity index (χ3n) is 0.517. The molecule has 0 bridgehead atoms. The predicted octanol–water partition coefficient (Wildman–Crippen LogP) is 0.814. The first-order valence-electron chi connectivity index (χ1n) is 1.93. The monoisotopic (exact) mass is 96.0 g/mol. The zero-order valence-corrected chi connectivity index (χ0v) is 3.65. The van der Waals surface area contributed by atoms with Crippen LogP contribution in [0.1, 0.15) is 6.42 Å². The molecule has 0 N–H and O–H groups in total. The standard InChI is InChI=1S/C3H4N4/c1-2-4-6-7-5-3-1/h2-3H,1H2. The topological polar surface area (TPSA) is 49.4 Å². The summed E-state index contributed by atoms with van der Waals surface area (Å²) in [5.74, 6) is 0. The second-order valence-corrected chi connectivity index (χ2v) is 1.01.